The molecule has 0 unspecified atom stereocenters. The van der Waals surface area contributed by atoms with Crippen molar-refractivity contribution in [3.8, 4) is 55.9 Å². The Morgan fingerprint density at radius 3 is 1.87 bits per heavy atom. The standard InChI is InChI=1S/C49H42N2O/c1-48(2)42-11-7-6-10-40(42)41-17-14-35(23-43(41)48)38-18-19-39(47-46(38)50-29-52-47)36-24-44(33-8-4-3-5-9-33)51-45(25-36)34-12-15-37(16-13-34)49-26-30-20-31(27-49)22-32(21-30)28-49/h3-19,23-25,29-32H,20-22,26-28H2,1-2H3. The summed E-state index contributed by atoms with van der Waals surface area (Å²) < 4.78 is 6.24. The quantitative estimate of drug-likeness (QED) is 0.182. The summed E-state index contributed by atoms with van der Waals surface area (Å²) in [4.78, 5) is 10.1. The first-order valence-corrected chi connectivity index (χ1v) is 19.2. The third-order valence-corrected chi connectivity index (χ3v) is 13.4. The molecule has 0 spiro atoms. The molecule has 0 amide bonds. The molecule has 0 N–H and O–H groups in total. The molecule has 5 aliphatic rings. The normalized spacial score (nSPS) is 23.5. The second kappa shape index (κ2) is 11.1. The molecular weight excluding hydrogens is 633 g/mol. The number of oxazole rings is 1. The number of aromatic nitrogens is 2. The summed E-state index contributed by atoms with van der Waals surface area (Å²) >= 11 is 0. The minimum Gasteiger partial charge on any atom is -0.443 e. The van der Waals surface area contributed by atoms with Gasteiger partial charge in [0.25, 0.3) is 0 Å². The molecule has 5 aliphatic carbocycles. The highest BCUT2D eigenvalue weighted by Gasteiger charge is 2.51. The first-order valence-electron chi connectivity index (χ1n) is 19.2. The number of hydrogen-bond acceptors (Lipinski definition) is 3. The van der Waals surface area contributed by atoms with Crippen molar-refractivity contribution in [2.45, 2.75) is 63.2 Å². The third-order valence-electron chi connectivity index (χ3n) is 13.4. The number of fused-ring (bicyclic) bond motifs is 4. The van der Waals surface area contributed by atoms with Gasteiger partial charge in [-0.15, -0.1) is 0 Å². The lowest BCUT2D eigenvalue weighted by Crippen LogP contribution is -2.48. The molecule has 3 nitrogen and oxygen atoms in total. The van der Waals surface area contributed by atoms with Crippen molar-refractivity contribution in [2.75, 3.05) is 0 Å². The van der Waals surface area contributed by atoms with Crippen LogP contribution in [0.15, 0.2) is 132 Å². The van der Waals surface area contributed by atoms with E-state index in [4.69, 9.17) is 14.4 Å². The molecule has 5 aromatic carbocycles. The fourth-order valence-corrected chi connectivity index (χ4v) is 11.3. The minimum atomic E-state index is -0.0699. The maximum atomic E-state index is 6.24. The van der Waals surface area contributed by atoms with Gasteiger partial charge in [-0.1, -0.05) is 111 Å². The predicted molar refractivity (Wildman–Crippen MR) is 211 cm³/mol. The Bertz CT molecular complexity index is 2490. The van der Waals surface area contributed by atoms with Crippen LogP contribution in [-0.2, 0) is 10.8 Å². The number of nitrogens with zero attached hydrogens (tertiary/aromatic N) is 2. The molecule has 4 fully saturated rings. The Morgan fingerprint density at radius 2 is 1.13 bits per heavy atom. The zero-order valence-electron chi connectivity index (χ0n) is 29.9. The number of benzene rings is 5. The summed E-state index contributed by atoms with van der Waals surface area (Å²) in [7, 11) is 0. The molecule has 0 saturated heterocycles. The summed E-state index contributed by atoms with van der Waals surface area (Å²) in [5, 5.41) is 0. The maximum absolute atomic E-state index is 6.24. The highest BCUT2D eigenvalue weighted by atomic mass is 16.3. The van der Waals surface area contributed by atoms with Gasteiger partial charge in [0, 0.05) is 27.7 Å². The van der Waals surface area contributed by atoms with Crippen molar-refractivity contribution < 1.29 is 4.42 Å². The van der Waals surface area contributed by atoms with Gasteiger partial charge in [-0.2, -0.15) is 0 Å². The van der Waals surface area contributed by atoms with Gasteiger partial charge in [0.05, 0.1) is 11.4 Å². The minimum absolute atomic E-state index is 0.0699. The van der Waals surface area contributed by atoms with Crippen molar-refractivity contribution in [3.05, 3.63) is 144 Å². The first-order chi connectivity index (χ1) is 25.4. The van der Waals surface area contributed by atoms with Gasteiger partial charge in [-0.25, -0.2) is 9.97 Å². The van der Waals surface area contributed by atoms with E-state index in [1.165, 1.54) is 60.8 Å². The smallest absolute Gasteiger partial charge is 0.182 e. The zero-order valence-corrected chi connectivity index (χ0v) is 29.9. The van der Waals surface area contributed by atoms with Crippen LogP contribution in [0.5, 0.6) is 0 Å². The highest BCUT2D eigenvalue weighted by Crippen LogP contribution is 2.61. The van der Waals surface area contributed by atoms with Gasteiger partial charge >= 0.3 is 0 Å². The van der Waals surface area contributed by atoms with Gasteiger partial charge in [-0.05, 0) is 125 Å². The van der Waals surface area contributed by atoms with Crippen LogP contribution in [0.1, 0.15) is 69.1 Å². The molecule has 12 rings (SSSR count). The van der Waals surface area contributed by atoms with Crippen LogP contribution in [0.3, 0.4) is 0 Å². The van der Waals surface area contributed by atoms with Crippen LogP contribution >= 0.6 is 0 Å². The van der Waals surface area contributed by atoms with Crippen LogP contribution < -0.4 is 0 Å². The summed E-state index contributed by atoms with van der Waals surface area (Å²) in [6.07, 6.45) is 10.1. The third kappa shape index (κ3) is 4.57. The fourth-order valence-electron chi connectivity index (χ4n) is 11.3. The highest BCUT2D eigenvalue weighted by molar-refractivity contribution is 6.00. The van der Waals surface area contributed by atoms with Crippen molar-refractivity contribution in [1.82, 2.24) is 9.97 Å². The Hall–Kier alpha value is -5.28. The molecule has 0 atom stereocenters. The Balaban J connectivity index is 1.000. The van der Waals surface area contributed by atoms with Gasteiger partial charge in [0.1, 0.15) is 5.52 Å². The topological polar surface area (TPSA) is 38.9 Å². The molecule has 3 heteroatoms. The average Bonchev–Trinajstić information content (AvgIpc) is 3.75. The maximum Gasteiger partial charge on any atom is 0.182 e. The number of hydrogen-bond donors (Lipinski definition) is 0. The van der Waals surface area contributed by atoms with Gasteiger partial charge in [0.15, 0.2) is 12.0 Å². The van der Waals surface area contributed by atoms with Crippen LogP contribution in [0.2, 0.25) is 0 Å². The summed E-state index contributed by atoms with van der Waals surface area (Å²) in [5.41, 5.74) is 17.5. The second-order valence-electron chi connectivity index (χ2n) is 16.9. The van der Waals surface area contributed by atoms with Crippen molar-refractivity contribution in [3.63, 3.8) is 0 Å². The molecule has 7 aromatic rings. The van der Waals surface area contributed by atoms with E-state index in [9.17, 15) is 0 Å². The predicted octanol–water partition coefficient (Wildman–Crippen LogP) is 12.7. The van der Waals surface area contributed by atoms with Gasteiger partial charge in [-0.3, -0.25) is 0 Å². The Labute approximate surface area is 305 Å². The van der Waals surface area contributed by atoms with Crippen LogP contribution in [0.4, 0.5) is 0 Å². The van der Waals surface area contributed by atoms with Crippen molar-refractivity contribution in [1.29, 1.82) is 0 Å². The second-order valence-corrected chi connectivity index (χ2v) is 16.9. The molecule has 4 bridgehead atoms. The van der Waals surface area contributed by atoms with Gasteiger partial charge < -0.3 is 4.42 Å². The molecule has 2 heterocycles. The van der Waals surface area contributed by atoms with E-state index in [1.807, 2.05) is 0 Å². The van der Waals surface area contributed by atoms with E-state index in [2.05, 4.69) is 135 Å². The van der Waals surface area contributed by atoms with E-state index in [-0.39, 0.29) is 5.41 Å². The molecular formula is C49H42N2O. The summed E-state index contributed by atoms with van der Waals surface area (Å²) in [5.74, 6) is 2.80. The fraction of sp³-hybridized carbons (Fsp3) is 0.265. The molecule has 0 radical (unpaired) electrons. The molecule has 52 heavy (non-hydrogen) atoms. The lowest BCUT2D eigenvalue weighted by molar-refractivity contribution is -0.00518. The van der Waals surface area contributed by atoms with Gasteiger partial charge in [0.2, 0.25) is 0 Å². The monoisotopic (exact) mass is 674 g/mol. The molecule has 2 aromatic heterocycles. The van der Waals surface area contributed by atoms with E-state index in [0.717, 1.165) is 73.6 Å². The van der Waals surface area contributed by atoms with Crippen LogP contribution in [0, 0.1) is 17.8 Å². The summed E-state index contributed by atoms with van der Waals surface area (Å²) in [6.45, 7) is 4.66. The lowest BCUT2D eigenvalue weighted by Gasteiger charge is -2.57. The molecule has 4 saturated carbocycles. The number of rotatable bonds is 5. The SMILES string of the molecule is CC1(C)c2ccccc2-c2ccc(-c3ccc(-c4cc(-c5ccccc5)nc(-c5ccc(C67CC8CC(CC(C8)C6)C7)cc5)c4)c4ocnc34)cc21. The largest absolute Gasteiger partial charge is 0.443 e. The molecule has 0 aliphatic heterocycles. The van der Waals surface area contributed by atoms with Crippen LogP contribution in [0.25, 0.3) is 67.0 Å². The van der Waals surface area contributed by atoms with E-state index >= 15 is 0 Å². The number of pyridine rings is 1. The van der Waals surface area contributed by atoms with E-state index in [1.54, 1.807) is 12.0 Å². The lowest BCUT2D eigenvalue weighted by atomic mass is 9.48. The van der Waals surface area contributed by atoms with E-state index in [0.29, 0.717) is 5.41 Å². The molecule has 254 valence electrons. The first kappa shape index (κ1) is 30.4. The van der Waals surface area contributed by atoms with E-state index < -0.39 is 0 Å². The van der Waals surface area contributed by atoms with Crippen molar-refractivity contribution in [2.24, 2.45) is 17.8 Å². The van der Waals surface area contributed by atoms with Crippen LogP contribution in [-0.4, -0.2) is 9.97 Å². The Kier molecular flexibility index (Phi) is 6.49. The Morgan fingerprint density at radius 1 is 0.538 bits per heavy atom. The zero-order chi connectivity index (χ0) is 34.6. The van der Waals surface area contributed by atoms with Crippen molar-refractivity contribution >= 4 is 11.1 Å². The average molecular weight is 675 g/mol. The summed E-state index contributed by atoms with van der Waals surface area (Å²) in [6, 6.07) is 44.6.